The maximum atomic E-state index is 10.2. The molecule has 0 heterocycles. The van der Waals surface area contributed by atoms with Gasteiger partial charge in [0.2, 0.25) is 0 Å². The second-order valence-electron chi connectivity index (χ2n) is 4.38. The van der Waals surface area contributed by atoms with Crippen molar-refractivity contribution in [2.24, 2.45) is 5.41 Å². The molecule has 2 nitrogen and oxygen atoms in total. The first-order valence-corrected chi connectivity index (χ1v) is 5.48. The van der Waals surface area contributed by atoms with Crippen LogP contribution in [0.2, 0.25) is 0 Å². The molecule has 1 unspecified atom stereocenters. The number of benzene rings is 1. The lowest BCUT2D eigenvalue weighted by Crippen LogP contribution is -2.29. The van der Waals surface area contributed by atoms with Crippen LogP contribution in [0.5, 0.6) is 0 Å². The fourth-order valence-corrected chi connectivity index (χ4v) is 1.91. The predicted octanol–water partition coefficient (Wildman–Crippen LogP) is 2.52. The van der Waals surface area contributed by atoms with Crippen molar-refractivity contribution in [3.05, 3.63) is 35.9 Å². The topological polar surface area (TPSA) is 40.5 Å². The molecule has 0 amide bonds. The molecule has 1 aromatic rings. The fraction of sp³-hybridized carbons (Fsp3) is 0.538. The number of aliphatic hydroxyl groups excluding tert-OH is 2. The zero-order chi connectivity index (χ0) is 11.3. The summed E-state index contributed by atoms with van der Waals surface area (Å²) in [5.41, 5.74) is 0.443. The Morgan fingerprint density at radius 3 is 2.33 bits per heavy atom. The molecule has 84 valence electrons. The molecular weight excluding hydrogens is 188 g/mol. The standard InChI is InChI=1S/C13H20O2/c1-3-9-13(2,10-14)12(15)11-7-5-4-6-8-11/h4-8,12,14-15H,3,9-10H2,1-2H3/t12-,13?/m1/s1. The van der Waals surface area contributed by atoms with Gasteiger partial charge in [-0.3, -0.25) is 0 Å². The Morgan fingerprint density at radius 2 is 1.87 bits per heavy atom. The second-order valence-corrected chi connectivity index (χ2v) is 4.38. The summed E-state index contributed by atoms with van der Waals surface area (Å²) in [4.78, 5) is 0. The third-order valence-corrected chi connectivity index (χ3v) is 2.96. The first kappa shape index (κ1) is 12.2. The molecule has 0 saturated heterocycles. The van der Waals surface area contributed by atoms with Gasteiger partial charge in [-0.15, -0.1) is 0 Å². The van der Waals surface area contributed by atoms with E-state index in [-0.39, 0.29) is 6.61 Å². The quantitative estimate of drug-likeness (QED) is 0.780. The van der Waals surface area contributed by atoms with Gasteiger partial charge in [0.15, 0.2) is 0 Å². The van der Waals surface area contributed by atoms with Crippen LogP contribution in [-0.4, -0.2) is 16.8 Å². The van der Waals surface area contributed by atoms with Crippen LogP contribution in [0.4, 0.5) is 0 Å². The highest BCUT2D eigenvalue weighted by molar-refractivity contribution is 5.19. The average Bonchev–Trinajstić information content (AvgIpc) is 2.29. The Morgan fingerprint density at radius 1 is 1.27 bits per heavy atom. The van der Waals surface area contributed by atoms with Gasteiger partial charge in [0.25, 0.3) is 0 Å². The SMILES string of the molecule is CCCC(C)(CO)[C@H](O)c1ccccc1. The van der Waals surface area contributed by atoms with Crippen molar-refractivity contribution >= 4 is 0 Å². The highest BCUT2D eigenvalue weighted by atomic mass is 16.3. The summed E-state index contributed by atoms with van der Waals surface area (Å²) in [6.45, 7) is 4.00. The summed E-state index contributed by atoms with van der Waals surface area (Å²) in [5.74, 6) is 0. The molecule has 1 aromatic carbocycles. The van der Waals surface area contributed by atoms with Crippen molar-refractivity contribution in [2.45, 2.75) is 32.8 Å². The Kier molecular flexibility index (Phi) is 4.30. The molecular formula is C13H20O2. The Bertz CT molecular complexity index is 284. The van der Waals surface area contributed by atoms with Gasteiger partial charge >= 0.3 is 0 Å². The zero-order valence-electron chi connectivity index (χ0n) is 9.48. The summed E-state index contributed by atoms with van der Waals surface area (Å²) in [6.07, 6.45) is 1.18. The molecule has 0 aliphatic carbocycles. The van der Waals surface area contributed by atoms with Gasteiger partial charge in [-0.05, 0) is 12.0 Å². The Hall–Kier alpha value is -0.860. The average molecular weight is 208 g/mol. The van der Waals surface area contributed by atoms with Crippen molar-refractivity contribution in [1.82, 2.24) is 0 Å². The van der Waals surface area contributed by atoms with Crippen molar-refractivity contribution < 1.29 is 10.2 Å². The van der Waals surface area contributed by atoms with E-state index in [0.717, 1.165) is 18.4 Å². The van der Waals surface area contributed by atoms with Crippen molar-refractivity contribution in [2.75, 3.05) is 6.61 Å². The predicted molar refractivity (Wildman–Crippen MR) is 61.5 cm³/mol. The highest BCUT2D eigenvalue weighted by Gasteiger charge is 2.32. The van der Waals surface area contributed by atoms with Crippen LogP contribution in [-0.2, 0) is 0 Å². The highest BCUT2D eigenvalue weighted by Crippen LogP contribution is 2.37. The van der Waals surface area contributed by atoms with E-state index in [2.05, 4.69) is 6.92 Å². The molecule has 0 bridgehead atoms. The third kappa shape index (κ3) is 2.80. The molecule has 0 fully saturated rings. The fourth-order valence-electron chi connectivity index (χ4n) is 1.91. The van der Waals surface area contributed by atoms with Gasteiger partial charge in [-0.25, -0.2) is 0 Å². The van der Waals surface area contributed by atoms with Crippen LogP contribution >= 0.6 is 0 Å². The lowest BCUT2D eigenvalue weighted by atomic mass is 9.78. The molecule has 2 heteroatoms. The van der Waals surface area contributed by atoms with E-state index in [1.807, 2.05) is 37.3 Å². The molecule has 0 aliphatic heterocycles. The minimum absolute atomic E-state index is 0.0108. The van der Waals surface area contributed by atoms with Crippen LogP contribution in [0.15, 0.2) is 30.3 Å². The molecule has 0 spiro atoms. The van der Waals surface area contributed by atoms with Crippen LogP contribution in [0.25, 0.3) is 0 Å². The van der Waals surface area contributed by atoms with Crippen molar-refractivity contribution in [3.8, 4) is 0 Å². The minimum atomic E-state index is -0.594. The number of rotatable bonds is 5. The number of hydrogen-bond acceptors (Lipinski definition) is 2. The molecule has 2 N–H and O–H groups in total. The number of aliphatic hydroxyl groups is 2. The van der Waals surface area contributed by atoms with E-state index in [1.165, 1.54) is 0 Å². The molecule has 0 saturated carbocycles. The van der Waals surface area contributed by atoms with Crippen LogP contribution in [0.1, 0.15) is 38.4 Å². The summed E-state index contributed by atoms with van der Waals surface area (Å²) < 4.78 is 0. The maximum Gasteiger partial charge on any atom is 0.0865 e. The monoisotopic (exact) mass is 208 g/mol. The molecule has 0 aliphatic rings. The molecule has 0 radical (unpaired) electrons. The van der Waals surface area contributed by atoms with Gasteiger partial charge in [-0.1, -0.05) is 50.6 Å². The van der Waals surface area contributed by atoms with E-state index >= 15 is 0 Å². The van der Waals surface area contributed by atoms with E-state index in [0.29, 0.717) is 0 Å². The molecule has 1 rings (SSSR count). The lowest BCUT2D eigenvalue weighted by Gasteiger charge is -2.32. The maximum absolute atomic E-state index is 10.2. The van der Waals surface area contributed by atoms with Crippen LogP contribution < -0.4 is 0 Å². The van der Waals surface area contributed by atoms with Crippen molar-refractivity contribution in [1.29, 1.82) is 0 Å². The largest absolute Gasteiger partial charge is 0.396 e. The third-order valence-electron chi connectivity index (χ3n) is 2.96. The summed E-state index contributed by atoms with van der Waals surface area (Å²) in [6, 6.07) is 9.53. The molecule has 0 aromatic heterocycles. The molecule has 15 heavy (non-hydrogen) atoms. The van der Waals surface area contributed by atoms with E-state index < -0.39 is 11.5 Å². The smallest absolute Gasteiger partial charge is 0.0865 e. The lowest BCUT2D eigenvalue weighted by molar-refractivity contribution is -0.0132. The van der Waals surface area contributed by atoms with Gasteiger partial charge in [0, 0.05) is 5.41 Å². The van der Waals surface area contributed by atoms with E-state index in [9.17, 15) is 10.2 Å². The van der Waals surface area contributed by atoms with E-state index in [1.54, 1.807) is 0 Å². The van der Waals surface area contributed by atoms with Gasteiger partial charge < -0.3 is 10.2 Å². The van der Waals surface area contributed by atoms with Gasteiger partial charge in [0.1, 0.15) is 0 Å². The van der Waals surface area contributed by atoms with Gasteiger partial charge in [0.05, 0.1) is 12.7 Å². The molecule has 2 atom stereocenters. The van der Waals surface area contributed by atoms with Gasteiger partial charge in [-0.2, -0.15) is 0 Å². The Balaban J connectivity index is 2.86. The Labute approximate surface area is 91.6 Å². The second kappa shape index (κ2) is 5.29. The first-order valence-electron chi connectivity index (χ1n) is 5.48. The zero-order valence-corrected chi connectivity index (χ0v) is 9.48. The van der Waals surface area contributed by atoms with Crippen LogP contribution in [0, 0.1) is 5.41 Å². The summed E-state index contributed by atoms with van der Waals surface area (Å²) in [5, 5.41) is 19.6. The summed E-state index contributed by atoms with van der Waals surface area (Å²) >= 11 is 0. The van der Waals surface area contributed by atoms with E-state index in [4.69, 9.17) is 0 Å². The van der Waals surface area contributed by atoms with Crippen LogP contribution in [0.3, 0.4) is 0 Å². The van der Waals surface area contributed by atoms with Crippen molar-refractivity contribution in [3.63, 3.8) is 0 Å². The number of hydrogen-bond donors (Lipinski definition) is 2. The minimum Gasteiger partial charge on any atom is -0.396 e. The first-order chi connectivity index (χ1) is 7.14. The normalized spacial score (nSPS) is 17.1. The summed E-state index contributed by atoms with van der Waals surface area (Å²) in [7, 11) is 0.